The minimum Gasteiger partial charge on any atom is -0.373 e. The molecule has 2 aromatic rings. The van der Waals surface area contributed by atoms with Crippen LogP contribution in [0.25, 0.3) is 0 Å². The predicted octanol–water partition coefficient (Wildman–Crippen LogP) is 3.23. The second-order valence-corrected chi connectivity index (χ2v) is 7.00. The first-order chi connectivity index (χ1) is 13.0. The van der Waals surface area contributed by atoms with Crippen LogP contribution < -0.4 is 21.5 Å². The maximum absolute atomic E-state index is 12.1. The third kappa shape index (κ3) is 7.46. The predicted molar refractivity (Wildman–Crippen MR) is 116 cm³/mol. The molecule has 0 heterocycles. The monoisotopic (exact) mass is 422 g/mol. The lowest BCUT2D eigenvalue weighted by Gasteiger charge is -2.20. The summed E-state index contributed by atoms with van der Waals surface area (Å²) in [5.74, 6) is -1.01. The molecule has 0 fully saturated rings. The van der Waals surface area contributed by atoms with Crippen molar-refractivity contribution in [2.45, 2.75) is 11.8 Å². The second kappa shape index (κ2) is 10.8. The Balaban J connectivity index is 1.78. The zero-order chi connectivity index (χ0) is 19.6. The number of carbonyl (C=O) groups excluding carboxylic acids is 2. The molecule has 0 aromatic heterocycles. The lowest BCUT2D eigenvalue weighted by atomic mass is 10.1. The summed E-state index contributed by atoms with van der Waals surface area (Å²) in [7, 11) is 0. The molecule has 4 N–H and O–H groups in total. The lowest BCUT2D eigenvalue weighted by Crippen LogP contribution is -2.45. The first kappa shape index (κ1) is 21.0. The summed E-state index contributed by atoms with van der Waals surface area (Å²) in [5, 5.41) is 6.21. The Bertz CT molecular complexity index is 792. The number of aldehydes is 1. The number of nitrogens with one attached hydrogen (secondary N) is 4. The molecule has 2 unspecified atom stereocenters. The number of benzene rings is 2. The van der Waals surface area contributed by atoms with Crippen LogP contribution in [-0.2, 0) is 9.59 Å². The topological polar surface area (TPSA) is 82.3 Å². The first-order valence-corrected chi connectivity index (χ1v) is 9.34. The van der Waals surface area contributed by atoms with Gasteiger partial charge in [-0.25, -0.2) is 0 Å². The van der Waals surface area contributed by atoms with Gasteiger partial charge < -0.3 is 15.4 Å². The van der Waals surface area contributed by atoms with Gasteiger partial charge in [-0.2, -0.15) is 12.6 Å². The molecule has 2 rings (SSSR count). The molecule has 0 spiro atoms. The summed E-state index contributed by atoms with van der Waals surface area (Å²) < 4.78 is 0. The van der Waals surface area contributed by atoms with Crippen molar-refractivity contribution in [3.05, 3.63) is 59.6 Å². The molecule has 0 aliphatic carbocycles. The quantitative estimate of drug-likeness (QED) is 0.155. The van der Waals surface area contributed by atoms with Crippen molar-refractivity contribution < 1.29 is 9.59 Å². The van der Waals surface area contributed by atoms with E-state index >= 15 is 0 Å². The molecular weight excluding hydrogens is 404 g/mol. The molecule has 1 amide bonds. The zero-order valence-corrected chi connectivity index (χ0v) is 16.7. The largest absolute Gasteiger partial charge is 0.373 e. The van der Waals surface area contributed by atoms with Gasteiger partial charge >= 0.3 is 0 Å². The van der Waals surface area contributed by atoms with Crippen molar-refractivity contribution in [3.63, 3.8) is 0 Å². The van der Waals surface area contributed by atoms with Crippen molar-refractivity contribution in [3.8, 4) is 0 Å². The van der Waals surface area contributed by atoms with Gasteiger partial charge in [-0.05, 0) is 42.5 Å². The normalized spacial score (nSPS) is 12.4. The molecule has 142 valence electrons. The highest BCUT2D eigenvalue weighted by Gasteiger charge is 2.21. The molecule has 2 aromatic carbocycles. The number of para-hydroxylation sites is 1. The Hall–Kier alpha value is -2.29. The number of anilines is 2. The van der Waals surface area contributed by atoms with Crippen LogP contribution in [-0.4, -0.2) is 22.7 Å². The Morgan fingerprint density at radius 3 is 2.48 bits per heavy atom. The van der Waals surface area contributed by atoms with Crippen LogP contribution in [0.3, 0.4) is 0 Å². The number of hydrogen-bond donors (Lipinski definition) is 5. The van der Waals surface area contributed by atoms with E-state index in [1.165, 1.54) is 0 Å². The summed E-state index contributed by atoms with van der Waals surface area (Å²) in [4.78, 5) is 23.4. The van der Waals surface area contributed by atoms with Crippen molar-refractivity contribution >= 4 is 65.1 Å². The highest BCUT2D eigenvalue weighted by molar-refractivity contribution is 7.81. The van der Waals surface area contributed by atoms with Gasteiger partial charge in [0.05, 0.1) is 11.3 Å². The minimum atomic E-state index is -0.621. The highest BCUT2D eigenvalue weighted by atomic mass is 35.5. The Kier molecular flexibility index (Phi) is 8.38. The van der Waals surface area contributed by atoms with Crippen molar-refractivity contribution in [1.82, 2.24) is 10.9 Å². The number of thiocarbonyl (C=S) groups is 1. The molecule has 27 heavy (non-hydrogen) atoms. The molecule has 0 aliphatic rings. The van der Waals surface area contributed by atoms with Gasteiger partial charge in [-0.3, -0.25) is 15.6 Å². The van der Waals surface area contributed by atoms with E-state index in [0.29, 0.717) is 17.0 Å². The summed E-state index contributed by atoms with van der Waals surface area (Å²) in [6.07, 6.45) is 0.653. The maximum Gasteiger partial charge on any atom is 0.239 e. The van der Waals surface area contributed by atoms with E-state index in [0.717, 1.165) is 5.69 Å². The van der Waals surface area contributed by atoms with E-state index in [1.54, 1.807) is 24.3 Å². The fraction of sp³-hybridized carbons (Fsp3) is 0.167. The standard InChI is InChI=1S/C18H19ClN4O2S2/c19-13-5-4-8-15(10-13)21-18(27)23-22-16(25)9-12(11-24)17(26)20-14-6-2-1-3-7-14/h1-8,10-12,17,20,26H,9H2,(H,22,25)(H2,21,23,27). The third-order valence-corrected chi connectivity index (χ3v) is 4.44. The number of carbonyl (C=O) groups is 2. The van der Waals surface area contributed by atoms with Gasteiger partial charge in [0.25, 0.3) is 0 Å². The Labute approximate surface area is 173 Å². The van der Waals surface area contributed by atoms with Gasteiger partial charge in [-0.15, -0.1) is 0 Å². The SMILES string of the molecule is O=CC(CC(=O)NNC(=S)Nc1cccc(Cl)c1)C(S)Nc1ccccc1. The molecule has 0 saturated heterocycles. The molecule has 2 atom stereocenters. The van der Waals surface area contributed by atoms with Crippen LogP contribution in [0.2, 0.25) is 5.02 Å². The van der Waals surface area contributed by atoms with E-state index in [1.807, 2.05) is 30.3 Å². The summed E-state index contributed by atoms with van der Waals surface area (Å²) in [6, 6.07) is 16.3. The van der Waals surface area contributed by atoms with E-state index in [4.69, 9.17) is 23.8 Å². The first-order valence-electron chi connectivity index (χ1n) is 8.04. The molecular formula is C18H19ClN4O2S2. The second-order valence-electron chi connectivity index (χ2n) is 5.60. The van der Waals surface area contributed by atoms with Crippen molar-refractivity contribution in [1.29, 1.82) is 0 Å². The van der Waals surface area contributed by atoms with Crippen molar-refractivity contribution in [2.75, 3.05) is 10.6 Å². The van der Waals surface area contributed by atoms with Crippen LogP contribution >= 0.6 is 36.4 Å². The van der Waals surface area contributed by atoms with Crippen LogP contribution in [0.15, 0.2) is 54.6 Å². The number of rotatable bonds is 7. The smallest absolute Gasteiger partial charge is 0.239 e. The van der Waals surface area contributed by atoms with Gasteiger partial charge in [0.2, 0.25) is 5.91 Å². The van der Waals surface area contributed by atoms with Crippen LogP contribution in [0.5, 0.6) is 0 Å². The minimum absolute atomic E-state index is 0.0513. The van der Waals surface area contributed by atoms with Crippen LogP contribution in [0.4, 0.5) is 11.4 Å². The fourth-order valence-corrected chi connectivity index (χ4v) is 2.85. The lowest BCUT2D eigenvalue weighted by molar-refractivity contribution is -0.124. The number of amides is 1. The number of thiol groups is 1. The van der Waals surface area contributed by atoms with Gasteiger partial charge in [0.1, 0.15) is 6.29 Å². The summed E-state index contributed by atoms with van der Waals surface area (Å²) >= 11 is 15.4. The number of hydrogen-bond acceptors (Lipinski definition) is 5. The van der Waals surface area contributed by atoms with E-state index in [9.17, 15) is 9.59 Å². The average Bonchev–Trinajstić information content (AvgIpc) is 2.65. The Morgan fingerprint density at radius 1 is 1.11 bits per heavy atom. The van der Waals surface area contributed by atoms with Crippen LogP contribution in [0.1, 0.15) is 6.42 Å². The van der Waals surface area contributed by atoms with E-state index in [-0.39, 0.29) is 11.5 Å². The van der Waals surface area contributed by atoms with Gasteiger partial charge in [0, 0.05) is 22.8 Å². The van der Waals surface area contributed by atoms with Gasteiger partial charge in [-0.1, -0.05) is 35.9 Å². The van der Waals surface area contributed by atoms with E-state index in [2.05, 4.69) is 34.1 Å². The third-order valence-electron chi connectivity index (χ3n) is 3.49. The zero-order valence-electron chi connectivity index (χ0n) is 14.2. The van der Waals surface area contributed by atoms with Crippen LogP contribution in [0, 0.1) is 5.92 Å². The van der Waals surface area contributed by atoms with Gasteiger partial charge in [0.15, 0.2) is 5.11 Å². The van der Waals surface area contributed by atoms with Crippen molar-refractivity contribution in [2.24, 2.45) is 5.92 Å². The number of hydrazine groups is 1. The molecule has 9 heteroatoms. The average molecular weight is 423 g/mol. The summed E-state index contributed by atoms with van der Waals surface area (Å²) in [6.45, 7) is 0. The molecule has 0 bridgehead atoms. The number of halogens is 1. The highest BCUT2D eigenvalue weighted by Crippen LogP contribution is 2.17. The fourth-order valence-electron chi connectivity index (χ4n) is 2.17. The molecule has 0 aliphatic heterocycles. The van der Waals surface area contributed by atoms with E-state index < -0.39 is 17.2 Å². The molecule has 0 saturated carbocycles. The summed E-state index contributed by atoms with van der Waals surface area (Å²) in [5.41, 5.74) is 6.54. The molecule has 6 nitrogen and oxygen atoms in total. The molecule has 0 radical (unpaired) electrons. The Morgan fingerprint density at radius 2 is 1.81 bits per heavy atom. The maximum atomic E-state index is 12.1.